The summed E-state index contributed by atoms with van der Waals surface area (Å²) < 4.78 is 66.5. The number of rotatable bonds is 6. The van der Waals surface area contributed by atoms with Gasteiger partial charge >= 0.3 is 6.18 Å². The number of hydrogen-bond donors (Lipinski definition) is 1. The summed E-state index contributed by atoms with van der Waals surface area (Å²) in [4.78, 5) is 1.65. The number of nitrogens with zero attached hydrogens (tertiary/aromatic N) is 4. The number of likely N-dealkylation sites (tertiary alicyclic amines) is 1. The van der Waals surface area contributed by atoms with Crippen molar-refractivity contribution in [2.45, 2.75) is 49.1 Å². The third kappa shape index (κ3) is 5.04. The molecular formula is C25H28F3N5O2S. The average molecular weight is 520 g/mol. The Morgan fingerprint density at radius 2 is 1.72 bits per heavy atom. The van der Waals surface area contributed by atoms with Gasteiger partial charge in [-0.05, 0) is 46.7 Å². The molecule has 7 nitrogen and oxygen atoms in total. The summed E-state index contributed by atoms with van der Waals surface area (Å²) in [5.41, 5.74) is 0.572. The summed E-state index contributed by atoms with van der Waals surface area (Å²) in [5, 5.41) is 13.3. The van der Waals surface area contributed by atoms with E-state index in [2.05, 4.69) is 25.5 Å². The third-order valence-electron chi connectivity index (χ3n) is 7.29. The SMILES string of the molecule is CS(=O)(=O)c1c(C(F)(F)F)ccc(-c2ccc(C3CN(CC4CCCCC4)C3)cc2)c1-c1nn[nH]n1. The molecule has 3 aromatic rings. The lowest BCUT2D eigenvalue weighted by Crippen LogP contribution is -2.47. The van der Waals surface area contributed by atoms with Crippen molar-refractivity contribution < 1.29 is 21.6 Å². The van der Waals surface area contributed by atoms with Gasteiger partial charge in [0.25, 0.3) is 0 Å². The summed E-state index contributed by atoms with van der Waals surface area (Å²) in [7, 11) is -4.29. The number of aromatic amines is 1. The number of nitrogens with one attached hydrogen (secondary N) is 1. The van der Waals surface area contributed by atoms with Crippen molar-refractivity contribution in [3.8, 4) is 22.5 Å². The molecule has 2 aliphatic rings. The molecule has 0 bridgehead atoms. The van der Waals surface area contributed by atoms with Crippen molar-refractivity contribution in [1.82, 2.24) is 25.5 Å². The van der Waals surface area contributed by atoms with Crippen LogP contribution in [0.15, 0.2) is 41.3 Å². The second kappa shape index (κ2) is 9.59. The number of H-pyrrole nitrogens is 1. The minimum atomic E-state index is -4.87. The molecule has 1 aromatic heterocycles. The Bertz CT molecular complexity index is 1310. The first-order valence-corrected chi connectivity index (χ1v) is 14.0. The molecule has 1 saturated carbocycles. The van der Waals surface area contributed by atoms with E-state index in [1.165, 1.54) is 38.2 Å². The molecule has 11 heteroatoms. The molecule has 0 atom stereocenters. The van der Waals surface area contributed by atoms with Crippen LogP contribution < -0.4 is 0 Å². The lowest BCUT2D eigenvalue weighted by molar-refractivity contribution is -0.139. The Morgan fingerprint density at radius 3 is 2.31 bits per heavy atom. The number of benzene rings is 2. The fourth-order valence-corrected chi connectivity index (χ4v) is 6.68. The fraction of sp³-hybridized carbons (Fsp3) is 0.480. The molecule has 36 heavy (non-hydrogen) atoms. The van der Waals surface area contributed by atoms with Crippen LogP contribution in [0.4, 0.5) is 13.2 Å². The van der Waals surface area contributed by atoms with E-state index in [4.69, 9.17) is 0 Å². The van der Waals surface area contributed by atoms with Crippen LogP contribution in [-0.2, 0) is 16.0 Å². The summed E-state index contributed by atoms with van der Waals surface area (Å²) in [6.45, 7) is 3.16. The van der Waals surface area contributed by atoms with E-state index in [0.29, 0.717) is 17.0 Å². The minimum absolute atomic E-state index is 0.210. The van der Waals surface area contributed by atoms with Crippen molar-refractivity contribution in [1.29, 1.82) is 0 Å². The van der Waals surface area contributed by atoms with Crippen LogP contribution in [0, 0.1) is 5.92 Å². The van der Waals surface area contributed by atoms with E-state index < -0.39 is 26.5 Å². The van der Waals surface area contributed by atoms with E-state index in [0.717, 1.165) is 43.4 Å². The van der Waals surface area contributed by atoms with Gasteiger partial charge in [0, 0.05) is 31.8 Å². The van der Waals surface area contributed by atoms with Gasteiger partial charge in [-0.2, -0.15) is 18.4 Å². The highest BCUT2D eigenvalue weighted by Gasteiger charge is 2.39. The highest BCUT2D eigenvalue weighted by atomic mass is 32.2. The molecule has 2 fully saturated rings. The Kier molecular flexibility index (Phi) is 6.63. The maximum absolute atomic E-state index is 13.8. The van der Waals surface area contributed by atoms with E-state index >= 15 is 0 Å². The molecule has 1 aliphatic heterocycles. The van der Waals surface area contributed by atoms with Gasteiger partial charge in [-0.15, -0.1) is 10.2 Å². The topological polar surface area (TPSA) is 91.8 Å². The number of alkyl halides is 3. The molecule has 0 unspecified atom stereocenters. The maximum atomic E-state index is 13.8. The molecule has 2 aromatic carbocycles. The van der Waals surface area contributed by atoms with Gasteiger partial charge in [-0.3, -0.25) is 0 Å². The number of halogens is 3. The molecule has 1 N–H and O–H groups in total. The summed E-state index contributed by atoms with van der Waals surface area (Å²) >= 11 is 0. The van der Waals surface area contributed by atoms with Crippen molar-refractivity contribution >= 4 is 9.84 Å². The second-order valence-electron chi connectivity index (χ2n) is 9.91. The van der Waals surface area contributed by atoms with Crippen molar-refractivity contribution in [2.75, 3.05) is 25.9 Å². The van der Waals surface area contributed by atoms with E-state index in [-0.39, 0.29) is 11.4 Å². The van der Waals surface area contributed by atoms with Gasteiger partial charge < -0.3 is 4.90 Å². The van der Waals surface area contributed by atoms with Gasteiger partial charge in [0.05, 0.1) is 16.0 Å². The third-order valence-corrected chi connectivity index (χ3v) is 8.46. The van der Waals surface area contributed by atoms with Gasteiger partial charge in [-0.1, -0.05) is 49.6 Å². The number of tetrazole rings is 1. The highest BCUT2D eigenvalue weighted by Crippen LogP contribution is 2.43. The molecule has 0 spiro atoms. The summed E-state index contributed by atoms with van der Waals surface area (Å²) in [6, 6.07) is 9.64. The zero-order valence-corrected chi connectivity index (χ0v) is 20.7. The zero-order chi connectivity index (χ0) is 25.5. The van der Waals surface area contributed by atoms with Crippen LogP contribution in [0.1, 0.15) is 49.1 Å². The Hall–Kier alpha value is -2.79. The minimum Gasteiger partial charge on any atom is -0.302 e. The normalized spacial score (nSPS) is 18.3. The van der Waals surface area contributed by atoms with Gasteiger partial charge in [0.2, 0.25) is 5.82 Å². The first kappa shape index (κ1) is 24.9. The number of hydrogen-bond acceptors (Lipinski definition) is 6. The Morgan fingerprint density at radius 1 is 1.03 bits per heavy atom. The quantitative estimate of drug-likeness (QED) is 0.496. The lowest BCUT2D eigenvalue weighted by atomic mass is 9.85. The second-order valence-corrected chi connectivity index (χ2v) is 11.9. The van der Waals surface area contributed by atoms with Crippen LogP contribution in [0.25, 0.3) is 22.5 Å². The molecule has 2 heterocycles. The standard InChI is InChI=1S/C25H28F3N5O2S/c1-36(34,35)23-21(25(26,27)28)12-11-20(22(23)24-29-31-32-30-24)18-9-7-17(8-10-18)19-14-33(15-19)13-16-5-3-2-4-6-16/h7-12,16,19H,2-6,13-15H2,1H3,(H,29,30,31,32). The zero-order valence-electron chi connectivity index (χ0n) is 19.9. The lowest BCUT2D eigenvalue weighted by Gasteiger charge is -2.42. The maximum Gasteiger partial charge on any atom is 0.417 e. The van der Waals surface area contributed by atoms with E-state index in [1.54, 1.807) is 0 Å². The molecule has 1 aliphatic carbocycles. The van der Waals surface area contributed by atoms with Crippen molar-refractivity contribution in [2.24, 2.45) is 5.92 Å². The van der Waals surface area contributed by atoms with Crippen LogP contribution in [0.3, 0.4) is 0 Å². The van der Waals surface area contributed by atoms with Crippen LogP contribution in [0.5, 0.6) is 0 Å². The Labute approximate surface area is 208 Å². The molecule has 5 rings (SSSR count). The highest BCUT2D eigenvalue weighted by molar-refractivity contribution is 7.91. The van der Waals surface area contributed by atoms with Crippen LogP contribution in [0.2, 0.25) is 0 Å². The van der Waals surface area contributed by atoms with Crippen LogP contribution in [-0.4, -0.2) is 59.8 Å². The molecule has 1 saturated heterocycles. The predicted molar refractivity (Wildman–Crippen MR) is 129 cm³/mol. The molecule has 0 radical (unpaired) electrons. The Balaban J connectivity index is 1.44. The van der Waals surface area contributed by atoms with Crippen LogP contribution >= 0.6 is 0 Å². The number of sulfone groups is 1. The van der Waals surface area contributed by atoms with Gasteiger partial charge in [0.15, 0.2) is 9.84 Å². The van der Waals surface area contributed by atoms with Crippen molar-refractivity contribution in [3.05, 3.63) is 47.5 Å². The summed E-state index contributed by atoms with van der Waals surface area (Å²) in [5.74, 6) is 1.01. The number of aromatic nitrogens is 4. The monoisotopic (exact) mass is 519 g/mol. The van der Waals surface area contributed by atoms with E-state index in [9.17, 15) is 21.6 Å². The van der Waals surface area contributed by atoms with E-state index in [1.807, 2.05) is 24.3 Å². The molecular weight excluding hydrogens is 491 g/mol. The summed E-state index contributed by atoms with van der Waals surface area (Å²) in [6.07, 6.45) is 2.55. The average Bonchev–Trinajstić information content (AvgIpc) is 3.35. The fourth-order valence-electron chi connectivity index (χ4n) is 5.52. The first-order chi connectivity index (χ1) is 17.1. The smallest absolute Gasteiger partial charge is 0.302 e. The largest absolute Gasteiger partial charge is 0.417 e. The predicted octanol–water partition coefficient (Wildman–Crippen LogP) is 4.94. The molecule has 0 amide bonds. The van der Waals surface area contributed by atoms with Gasteiger partial charge in [-0.25, -0.2) is 8.42 Å². The van der Waals surface area contributed by atoms with Crippen molar-refractivity contribution in [3.63, 3.8) is 0 Å². The molecule has 192 valence electrons. The van der Waals surface area contributed by atoms with Gasteiger partial charge in [0.1, 0.15) is 0 Å². The first-order valence-electron chi connectivity index (χ1n) is 12.1.